The SMILES string of the molecule is CC(=O)C(C)=CC1CCCC1. The van der Waals surface area contributed by atoms with Crippen LogP contribution in [0.5, 0.6) is 0 Å². The van der Waals surface area contributed by atoms with Gasteiger partial charge in [0.1, 0.15) is 0 Å². The van der Waals surface area contributed by atoms with Crippen LogP contribution in [0.2, 0.25) is 0 Å². The van der Waals surface area contributed by atoms with Gasteiger partial charge < -0.3 is 0 Å². The van der Waals surface area contributed by atoms with Crippen LogP contribution in [0.25, 0.3) is 0 Å². The number of carbonyl (C=O) groups is 1. The second-order valence-electron chi connectivity index (χ2n) is 3.45. The molecule has 0 aromatic rings. The molecule has 1 rings (SSSR count). The summed E-state index contributed by atoms with van der Waals surface area (Å²) < 4.78 is 0. The fourth-order valence-corrected chi connectivity index (χ4v) is 1.59. The summed E-state index contributed by atoms with van der Waals surface area (Å²) in [6, 6.07) is 0. The first-order valence-corrected chi connectivity index (χ1v) is 4.39. The number of allylic oxidation sites excluding steroid dienone is 2. The van der Waals surface area contributed by atoms with Crippen molar-refractivity contribution in [2.75, 3.05) is 0 Å². The van der Waals surface area contributed by atoms with E-state index in [1.54, 1.807) is 6.92 Å². The molecule has 1 heteroatoms. The summed E-state index contributed by atoms with van der Waals surface area (Å²) in [5, 5.41) is 0. The number of ketones is 1. The summed E-state index contributed by atoms with van der Waals surface area (Å²) in [7, 11) is 0. The monoisotopic (exact) mass is 152 g/mol. The molecule has 1 saturated carbocycles. The Morgan fingerprint density at radius 2 is 1.82 bits per heavy atom. The van der Waals surface area contributed by atoms with E-state index in [0.717, 1.165) is 5.57 Å². The van der Waals surface area contributed by atoms with Crippen molar-refractivity contribution in [2.45, 2.75) is 39.5 Å². The Hall–Kier alpha value is -0.590. The first kappa shape index (κ1) is 8.51. The topological polar surface area (TPSA) is 17.1 Å². The zero-order valence-electron chi connectivity index (χ0n) is 7.39. The summed E-state index contributed by atoms with van der Waals surface area (Å²) in [6.07, 6.45) is 7.39. The van der Waals surface area contributed by atoms with E-state index < -0.39 is 0 Å². The van der Waals surface area contributed by atoms with Gasteiger partial charge in [0.2, 0.25) is 0 Å². The summed E-state index contributed by atoms with van der Waals surface area (Å²) >= 11 is 0. The van der Waals surface area contributed by atoms with Gasteiger partial charge in [0.15, 0.2) is 5.78 Å². The molecular formula is C10H16O. The van der Waals surface area contributed by atoms with E-state index in [4.69, 9.17) is 0 Å². The van der Waals surface area contributed by atoms with Crippen molar-refractivity contribution in [3.05, 3.63) is 11.6 Å². The number of Topliss-reactive ketones (excluding diaryl/α,β-unsaturated/α-hetero) is 1. The lowest BCUT2D eigenvalue weighted by Crippen LogP contribution is -1.95. The van der Waals surface area contributed by atoms with Gasteiger partial charge in [-0.25, -0.2) is 0 Å². The third kappa shape index (κ3) is 2.49. The van der Waals surface area contributed by atoms with Crippen molar-refractivity contribution >= 4 is 5.78 Å². The van der Waals surface area contributed by atoms with E-state index in [0.29, 0.717) is 5.92 Å². The van der Waals surface area contributed by atoms with Crippen LogP contribution in [0.15, 0.2) is 11.6 Å². The second kappa shape index (κ2) is 3.70. The molecule has 0 bridgehead atoms. The molecule has 0 aliphatic heterocycles. The first-order valence-electron chi connectivity index (χ1n) is 4.39. The highest BCUT2D eigenvalue weighted by Crippen LogP contribution is 2.26. The summed E-state index contributed by atoms with van der Waals surface area (Å²) in [5.41, 5.74) is 0.942. The highest BCUT2D eigenvalue weighted by Gasteiger charge is 2.12. The molecule has 62 valence electrons. The van der Waals surface area contributed by atoms with Gasteiger partial charge in [-0.2, -0.15) is 0 Å². The van der Waals surface area contributed by atoms with Crippen LogP contribution in [0.1, 0.15) is 39.5 Å². The Morgan fingerprint density at radius 1 is 1.27 bits per heavy atom. The van der Waals surface area contributed by atoms with Crippen molar-refractivity contribution in [1.29, 1.82) is 0 Å². The van der Waals surface area contributed by atoms with Gasteiger partial charge in [0.05, 0.1) is 0 Å². The number of carbonyl (C=O) groups excluding carboxylic acids is 1. The molecule has 0 radical (unpaired) electrons. The average molecular weight is 152 g/mol. The third-order valence-corrected chi connectivity index (χ3v) is 2.44. The Kier molecular flexibility index (Phi) is 2.86. The Bertz CT molecular complexity index is 173. The van der Waals surface area contributed by atoms with Crippen LogP contribution in [0.3, 0.4) is 0 Å². The maximum Gasteiger partial charge on any atom is 0.155 e. The summed E-state index contributed by atoms with van der Waals surface area (Å²) in [5.74, 6) is 0.913. The molecular weight excluding hydrogens is 136 g/mol. The van der Waals surface area contributed by atoms with Gasteiger partial charge in [0.25, 0.3) is 0 Å². The molecule has 0 spiro atoms. The fraction of sp³-hybridized carbons (Fsp3) is 0.700. The van der Waals surface area contributed by atoms with E-state index in [1.165, 1.54) is 25.7 Å². The number of hydrogen-bond acceptors (Lipinski definition) is 1. The van der Waals surface area contributed by atoms with Gasteiger partial charge in [-0.15, -0.1) is 0 Å². The number of rotatable bonds is 2. The molecule has 1 nitrogen and oxygen atoms in total. The average Bonchev–Trinajstić information content (AvgIpc) is 2.39. The van der Waals surface area contributed by atoms with Crippen LogP contribution in [-0.2, 0) is 4.79 Å². The minimum Gasteiger partial charge on any atom is -0.295 e. The Morgan fingerprint density at radius 3 is 2.27 bits per heavy atom. The highest BCUT2D eigenvalue weighted by atomic mass is 16.1. The van der Waals surface area contributed by atoms with E-state index in [2.05, 4.69) is 6.08 Å². The van der Waals surface area contributed by atoms with Gasteiger partial charge in [0, 0.05) is 0 Å². The first-order chi connectivity index (χ1) is 5.20. The lowest BCUT2D eigenvalue weighted by molar-refractivity contribution is -0.113. The highest BCUT2D eigenvalue weighted by molar-refractivity contribution is 5.92. The van der Waals surface area contributed by atoms with Crippen LogP contribution < -0.4 is 0 Å². The van der Waals surface area contributed by atoms with E-state index >= 15 is 0 Å². The van der Waals surface area contributed by atoms with Crippen molar-refractivity contribution in [1.82, 2.24) is 0 Å². The van der Waals surface area contributed by atoms with Gasteiger partial charge in [-0.05, 0) is 38.2 Å². The molecule has 0 unspecified atom stereocenters. The van der Waals surface area contributed by atoms with Crippen LogP contribution in [-0.4, -0.2) is 5.78 Å². The van der Waals surface area contributed by atoms with Gasteiger partial charge in [-0.1, -0.05) is 18.9 Å². The Balaban J connectivity index is 2.49. The van der Waals surface area contributed by atoms with Crippen molar-refractivity contribution < 1.29 is 4.79 Å². The molecule has 0 heterocycles. The van der Waals surface area contributed by atoms with Crippen LogP contribution in [0, 0.1) is 5.92 Å². The summed E-state index contributed by atoms with van der Waals surface area (Å²) in [6.45, 7) is 3.56. The predicted molar refractivity (Wildman–Crippen MR) is 46.4 cm³/mol. The smallest absolute Gasteiger partial charge is 0.155 e. The summed E-state index contributed by atoms with van der Waals surface area (Å²) in [4.78, 5) is 10.9. The van der Waals surface area contributed by atoms with Gasteiger partial charge >= 0.3 is 0 Å². The fourth-order valence-electron chi connectivity index (χ4n) is 1.59. The van der Waals surface area contributed by atoms with Crippen molar-refractivity contribution in [3.63, 3.8) is 0 Å². The van der Waals surface area contributed by atoms with E-state index in [9.17, 15) is 4.79 Å². The minimum absolute atomic E-state index is 0.219. The molecule has 1 aliphatic carbocycles. The van der Waals surface area contributed by atoms with E-state index in [-0.39, 0.29) is 5.78 Å². The van der Waals surface area contributed by atoms with Gasteiger partial charge in [-0.3, -0.25) is 4.79 Å². The Labute approximate surface area is 68.5 Å². The maximum atomic E-state index is 10.9. The molecule has 1 fully saturated rings. The quantitative estimate of drug-likeness (QED) is 0.556. The van der Waals surface area contributed by atoms with Crippen molar-refractivity contribution in [3.8, 4) is 0 Å². The van der Waals surface area contributed by atoms with Crippen LogP contribution in [0.4, 0.5) is 0 Å². The van der Waals surface area contributed by atoms with Crippen LogP contribution >= 0.6 is 0 Å². The molecule has 0 N–H and O–H groups in total. The molecule has 1 aliphatic rings. The lowest BCUT2D eigenvalue weighted by atomic mass is 10.0. The zero-order chi connectivity index (χ0) is 8.27. The molecule has 0 aromatic carbocycles. The van der Waals surface area contributed by atoms with Crippen molar-refractivity contribution in [2.24, 2.45) is 5.92 Å². The standard InChI is InChI=1S/C10H16O/c1-8(9(2)11)7-10-5-3-4-6-10/h7,10H,3-6H2,1-2H3. The molecule has 11 heavy (non-hydrogen) atoms. The molecule has 0 amide bonds. The lowest BCUT2D eigenvalue weighted by Gasteiger charge is -2.02. The maximum absolute atomic E-state index is 10.9. The van der Waals surface area contributed by atoms with E-state index in [1.807, 2.05) is 6.92 Å². The zero-order valence-corrected chi connectivity index (χ0v) is 7.39. The second-order valence-corrected chi connectivity index (χ2v) is 3.45. The minimum atomic E-state index is 0.219. The number of hydrogen-bond donors (Lipinski definition) is 0. The molecule has 0 atom stereocenters. The molecule has 0 aromatic heterocycles. The third-order valence-electron chi connectivity index (χ3n) is 2.44. The largest absolute Gasteiger partial charge is 0.295 e. The molecule has 0 saturated heterocycles. The predicted octanol–water partition coefficient (Wildman–Crippen LogP) is 2.71. The normalized spacial score (nSPS) is 20.7.